The molecule has 0 spiro atoms. The lowest BCUT2D eigenvalue weighted by molar-refractivity contribution is -0.141. The average molecular weight is 277 g/mol. The van der Waals surface area contributed by atoms with Gasteiger partial charge in [0, 0.05) is 12.6 Å². The zero-order valence-electron chi connectivity index (χ0n) is 13.3. The number of aliphatic carboxylic acids is 1. The molecular formula is C17H27NO2. The van der Waals surface area contributed by atoms with Crippen molar-refractivity contribution in [1.29, 1.82) is 0 Å². The summed E-state index contributed by atoms with van der Waals surface area (Å²) in [5.41, 5.74) is 2.58. The first-order chi connectivity index (χ1) is 9.36. The molecule has 112 valence electrons. The van der Waals surface area contributed by atoms with Crippen molar-refractivity contribution >= 4 is 5.97 Å². The largest absolute Gasteiger partial charge is 0.481 e. The molecule has 0 aliphatic carbocycles. The molecule has 0 aliphatic rings. The molecule has 0 fully saturated rings. The Kier molecular flexibility index (Phi) is 6.21. The predicted octanol–water partition coefficient (Wildman–Crippen LogP) is 3.91. The molecular weight excluding hydrogens is 250 g/mol. The van der Waals surface area contributed by atoms with E-state index >= 15 is 0 Å². The van der Waals surface area contributed by atoms with Crippen LogP contribution in [0.2, 0.25) is 0 Å². The van der Waals surface area contributed by atoms with E-state index in [0.29, 0.717) is 12.5 Å². The number of carboxylic acid groups (broad SMARTS) is 1. The Balaban J connectivity index is 2.79. The van der Waals surface area contributed by atoms with Crippen LogP contribution in [-0.2, 0) is 4.79 Å². The van der Waals surface area contributed by atoms with Crippen LogP contribution >= 0.6 is 0 Å². The van der Waals surface area contributed by atoms with Gasteiger partial charge in [-0.25, -0.2) is 0 Å². The van der Waals surface area contributed by atoms with Crippen molar-refractivity contribution in [3.63, 3.8) is 0 Å². The highest BCUT2D eigenvalue weighted by atomic mass is 16.4. The maximum atomic E-state index is 11.0. The summed E-state index contributed by atoms with van der Waals surface area (Å²) in [7, 11) is 0. The number of hydrogen-bond donors (Lipinski definition) is 1. The molecule has 0 aliphatic heterocycles. The lowest BCUT2D eigenvalue weighted by Crippen LogP contribution is -2.33. The molecule has 0 aromatic heterocycles. The molecule has 0 heterocycles. The molecule has 0 radical (unpaired) electrons. The van der Waals surface area contributed by atoms with E-state index in [2.05, 4.69) is 56.9 Å². The molecule has 3 nitrogen and oxygen atoms in total. The fourth-order valence-corrected chi connectivity index (χ4v) is 2.36. The van der Waals surface area contributed by atoms with Gasteiger partial charge in [-0.15, -0.1) is 0 Å². The molecule has 1 rings (SSSR count). The van der Waals surface area contributed by atoms with Gasteiger partial charge in [0.15, 0.2) is 0 Å². The van der Waals surface area contributed by atoms with Gasteiger partial charge in [0.05, 0.1) is 5.92 Å². The normalized spacial score (nSPS) is 14.6. The fraction of sp³-hybridized carbons (Fsp3) is 0.588. The molecule has 0 bridgehead atoms. The topological polar surface area (TPSA) is 40.5 Å². The quantitative estimate of drug-likeness (QED) is 0.821. The summed E-state index contributed by atoms with van der Waals surface area (Å²) in [6.45, 7) is 11.8. The first-order valence-electron chi connectivity index (χ1n) is 7.43. The van der Waals surface area contributed by atoms with E-state index in [-0.39, 0.29) is 12.0 Å². The molecule has 1 aromatic rings. The van der Waals surface area contributed by atoms with Crippen LogP contribution in [0.4, 0.5) is 0 Å². The van der Waals surface area contributed by atoms with Crippen LogP contribution in [0.3, 0.4) is 0 Å². The number of carboxylic acids is 1. The highest BCUT2D eigenvalue weighted by Gasteiger charge is 2.20. The van der Waals surface area contributed by atoms with Gasteiger partial charge in [0.1, 0.15) is 0 Å². The second-order valence-corrected chi connectivity index (χ2v) is 5.82. The van der Waals surface area contributed by atoms with Crippen molar-refractivity contribution in [1.82, 2.24) is 4.90 Å². The molecule has 20 heavy (non-hydrogen) atoms. The van der Waals surface area contributed by atoms with Crippen molar-refractivity contribution < 1.29 is 9.90 Å². The Morgan fingerprint density at radius 1 is 1.10 bits per heavy atom. The van der Waals surface area contributed by atoms with Crippen LogP contribution < -0.4 is 0 Å². The van der Waals surface area contributed by atoms with E-state index in [0.717, 1.165) is 6.54 Å². The number of carbonyl (C=O) groups is 1. The van der Waals surface area contributed by atoms with Crippen LogP contribution in [0, 0.1) is 5.92 Å². The molecule has 0 saturated carbocycles. The van der Waals surface area contributed by atoms with Crippen molar-refractivity contribution in [3.05, 3.63) is 35.4 Å². The average Bonchev–Trinajstić information content (AvgIpc) is 2.43. The van der Waals surface area contributed by atoms with Gasteiger partial charge >= 0.3 is 5.97 Å². The van der Waals surface area contributed by atoms with E-state index < -0.39 is 5.97 Å². The van der Waals surface area contributed by atoms with E-state index in [1.165, 1.54) is 11.1 Å². The van der Waals surface area contributed by atoms with Crippen molar-refractivity contribution in [2.24, 2.45) is 5.92 Å². The van der Waals surface area contributed by atoms with Crippen molar-refractivity contribution in [2.45, 2.75) is 46.6 Å². The minimum Gasteiger partial charge on any atom is -0.481 e. The number of hydrogen-bond acceptors (Lipinski definition) is 2. The SMILES string of the molecule is CCN(CC(C)C(=O)O)C(C)c1ccc(C(C)C)cc1. The Bertz CT molecular complexity index is 425. The van der Waals surface area contributed by atoms with E-state index in [1.54, 1.807) is 6.92 Å². The van der Waals surface area contributed by atoms with E-state index in [1.807, 2.05) is 0 Å². The minimum atomic E-state index is -0.731. The van der Waals surface area contributed by atoms with Gasteiger partial charge < -0.3 is 5.11 Å². The van der Waals surface area contributed by atoms with Crippen LogP contribution in [0.25, 0.3) is 0 Å². The second-order valence-electron chi connectivity index (χ2n) is 5.82. The third kappa shape index (κ3) is 4.34. The predicted molar refractivity (Wildman–Crippen MR) is 83.0 cm³/mol. The second kappa shape index (κ2) is 7.44. The summed E-state index contributed by atoms with van der Waals surface area (Å²) in [5, 5.41) is 9.05. The number of rotatable bonds is 7. The van der Waals surface area contributed by atoms with Crippen molar-refractivity contribution in [3.8, 4) is 0 Å². The first-order valence-corrected chi connectivity index (χ1v) is 7.43. The van der Waals surface area contributed by atoms with Crippen LogP contribution in [-0.4, -0.2) is 29.1 Å². The molecule has 0 saturated heterocycles. The van der Waals surface area contributed by atoms with Gasteiger partial charge in [-0.3, -0.25) is 9.69 Å². The lowest BCUT2D eigenvalue weighted by atomic mass is 9.98. The Hall–Kier alpha value is -1.35. The van der Waals surface area contributed by atoms with Gasteiger partial charge in [-0.1, -0.05) is 52.0 Å². The molecule has 1 N–H and O–H groups in total. The Labute approximate surface area is 122 Å². The third-order valence-electron chi connectivity index (χ3n) is 3.97. The standard InChI is InChI=1S/C17H27NO2/c1-6-18(11-13(4)17(19)20)14(5)16-9-7-15(8-10-16)12(2)3/h7-10,12-14H,6,11H2,1-5H3,(H,19,20). The van der Waals surface area contributed by atoms with Gasteiger partial charge in [0.2, 0.25) is 0 Å². The summed E-state index contributed by atoms with van der Waals surface area (Å²) < 4.78 is 0. The van der Waals surface area contributed by atoms with Crippen molar-refractivity contribution in [2.75, 3.05) is 13.1 Å². The minimum absolute atomic E-state index is 0.239. The molecule has 0 amide bonds. The zero-order valence-corrected chi connectivity index (χ0v) is 13.3. The zero-order chi connectivity index (χ0) is 15.3. The molecule has 1 aromatic carbocycles. The molecule has 2 atom stereocenters. The Morgan fingerprint density at radius 3 is 2.00 bits per heavy atom. The number of benzene rings is 1. The van der Waals surface area contributed by atoms with Crippen LogP contribution in [0.15, 0.2) is 24.3 Å². The molecule has 2 unspecified atom stereocenters. The van der Waals surface area contributed by atoms with E-state index in [9.17, 15) is 4.79 Å². The van der Waals surface area contributed by atoms with Gasteiger partial charge in [-0.05, 0) is 30.5 Å². The molecule has 3 heteroatoms. The third-order valence-corrected chi connectivity index (χ3v) is 3.97. The van der Waals surface area contributed by atoms with Gasteiger partial charge in [0.25, 0.3) is 0 Å². The summed E-state index contributed by atoms with van der Waals surface area (Å²) in [6, 6.07) is 8.90. The van der Waals surface area contributed by atoms with Crippen LogP contribution in [0.1, 0.15) is 57.7 Å². The highest BCUT2D eigenvalue weighted by Crippen LogP contribution is 2.23. The van der Waals surface area contributed by atoms with E-state index in [4.69, 9.17) is 5.11 Å². The fourth-order valence-electron chi connectivity index (χ4n) is 2.36. The monoisotopic (exact) mass is 277 g/mol. The smallest absolute Gasteiger partial charge is 0.307 e. The summed E-state index contributed by atoms with van der Waals surface area (Å²) in [4.78, 5) is 13.2. The van der Waals surface area contributed by atoms with Crippen LogP contribution in [0.5, 0.6) is 0 Å². The summed E-state index contributed by atoms with van der Waals surface area (Å²) in [5.74, 6) is -0.535. The lowest BCUT2D eigenvalue weighted by Gasteiger charge is -2.29. The number of nitrogens with zero attached hydrogens (tertiary/aromatic N) is 1. The maximum absolute atomic E-state index is 11.0. The Morgan fingerprint density at radius 2 is 1.60 bits per heavy atom. The highest BCUT2D eigenvalue weighted by molar-refractivity contribution is 5.69. The summed E-state index contributed by atoms with van der Waals surface area (Å²) in [6.07, 6.45) is 0. The van der Waals surface area contributed by atoms with Gasteiger partial charge in [-0.2, -0.15) is 0 Å². The summed E-state index contributed by atoms with van der Waals surface area (Å²) >= 11 is 0. The first kappa shape index (κ1) is 16.7. The maximum Gasteiger partial charge on any atom is 0.307 e.